The summed E-state index contributed by atoms with van der Waals surface area (Å²) in [6, 6.07) is 25.6. The van der Waals surface area contributed by atoms with Crippen molar-refractivity contribution >= 4 is 62.2 Å². The van der Waals surface area contributed by atoms with Gasteiger partial charge in [0.2, 0.25) is 0 Å². The molecule has 0 spiro atoms. The van der Waals surface area contributed by atoms with E-state index < -0.39 is 0 Å². The van der Waals surface area contributed by atoms with Crippen molar-refractivity contribution < 1.29 is 4.79 Å². The van der Waals surface area contributed by atoms with Crippen LogP contribution < -0.4 is 0 Å². The average Bonchev–Trinajstić information content (AvgIpc) is 3.40. The molecule has 1 unspecified atom stereocenters. The molecule has 0 aliphatic carbocycles. The summed E-state index contributed by atoms with van der Waals surface area (Å²) in [7, 11) is 0. The van der Waals surface area contributed by atoms with Crippen molar-refractivity contribution in [3.05, 3.63) is 110 Å². The van der Waals surface area contributed by atoms with Gasteiger partial charge in [0.1, 0.15) is 0 Å². The monoisotopic (exact) mass is 521 g/mol. The Balaban J connectivity index is 1.49. The lowest BCUT2D eigenvalue weighted by molar-refractivity contribution is -0.113. The van der Waals surface area contributed by atoms with Gasteiger partial charge in [-0.05, 0) is 58.8 Å². The summed E-state index contributed by atoms with van der Waals surface area (Å²) in [4.78, 5) is 17.6. The second kappa shape index (κ2) is 9.06. The standard InChI is InChI=1S/C25H17BrClN3OS/c26-19-10-6-17(7-11-19)21-15-22(18-8-12-20(27)13-9-18)30(29-21)25-28-24(31)23(32-25)14-16-4-2-1-3-5-16/h1-14,22H,15H2/b23-14+. The molecule has 0 saturated carbocycles. The summed E-state index contributed by atoms with van der Waals surface area (Å²) in [6.07, 6.45) is 2.57. The number of carbonyl (C=O) groups is 1. The zero-order chi connectivity index (χ0) is 22.1. The molecule has 1 amide bonds. The smallest absolute Gasteiger partial charge is 0.266 e. The van der Waals surface area contributed by atoms with Gasteiger partial charge in [0.25, 0.3) is 5.91 Å². The Kier molecular flexibility index (Phi) is 6.00. The third-order valence-electron chi connectivity index (χ3n) is 5.25. The highest BCUT2D eigenvalue weighted by Crippen LogP contribution is 2.39. The van der Waals surface area contributed by atoms with E-state index in [-0.39, 0.29) is 11.9 Å². The third-order valence-corrected chi connectivity index (χ3v) is 7.00. The van der Waals surface area contributed by atoms with Gasteiger partial charge in [0.05, 0.1) is 16.7 Å². The van der Waals surface area contributed by atoms with Crippen LogP contribution in [-0.2, 0) is 4.79 Å². The van der Waals surface area contributed by atoms with E-state index in [1.807, 2.05) is 89.9 Å². The molecule has 7 heteroatoms. The van der Waals surface area contributed by atoms with Crippen molar-refractivity contribution in [3.8, 4) is 0 Å². The Bertz CT molecular complexity index is 1250. The highest BCUT2D eigenvalue weighted by Gasteiger charge is 2.36. The quantitative estimate of drug-likeness (QED) is 0.351. The van der Waals surface area contributed by atoms with Gasteiger partial charge in [-0.15, -0.1) is 0 Å². The summed E-state index contributed by atoms with van der Waals surface area (Å²) in [6.45, 7) is 0. The van der Waals surface area contributed by atoms with Crippen molar-refractivity contribution in [1.82, 2.24) is 5.01 Å². The molecule has 0 radical (unpaired) electrons. The molecule has 5 rings (SSSR count). The van der Waals surface area contributed by atoms with Crippen LogP contribution >= 0.6 is 39.3 Å². The first-order valence-electron chi connectivity index (χ1n) is 10.0. The molecule has 4 nitrogen and oxygen atoms in total. The fourth-order valence-corrected chi connectivity index (χ4v) is 4.95. The summed E-state index contributed by atoms with van der Waals surface area (Å²) in [5.41, 5.74) is 4.04. The van der Waals surface area contributed by atoms with E-state index in [1.54, 1.807) is 0 Å². The number of nitrogens with zero attached hydrogens (tertiary/aromatic N) is 3. The van der Waals surface area contributed by atoms with Gasteiger partial charge in [-0.3, -0.25) is 4.79 Å². The maximum Gasteiger partial charge on any atom is 0.286 e. The normalized spacial score (nSPS) is 19.4. The molecule has 32 heavy (non-hydrogen) atoms. The van der Waals surface area contributed by atoms with Crippen LogP contribution in [0.25, 0.3) is 6.08 Å². The lowest BCUT2D eigenvalue weighted by Gasteiger charge is -2.22. The molecule has 0 N–H and O–H groups in total. The van der Waals surface area contributed by atoms with E-state index in [2.05, 4.69) is 20.9 Å². The highest BCUT2D eigenvalue weighted by molar-refractivity contribution is 9.10. The number of halogens is 2. The lowest BCUT2D eigenvalue weighted by atomic mass is 9.99. The van der Waals surface area contributed by atoms with Crippen molar-refractivity contribution in [2.45, 2.75) is 12.5 Å². The summed E-state index contributed by atoms with van der Waals surface area (Å²) >= 11 is 11.0. The second-order valence-electron chi connectivity index (χ2n) is 7.39. The van der Waals surface area contributed by atoms with E-state index in [0.29, 0.717) is 21.5 Å². The molecule has 2 aliphatic rings. The minimum Gasteiger partial charge on any atom is -0.266 e. The largest absolute Gasteiger partial charge is 0.286 e. The van der Waals surface area contributed by atoms with E-state index in [1.165, 1.54) is 11.8 Å². The molecule has 0 saturated heterocycles. The van der Waals surface area contributed by atoms with Gasteiger partial charge in [-0.25, -0.2) is 5.01 Å². The number of hydrogen-bond donors (Lipinski definition) is 0. The average molecular weight is 523 g/mol. The van der Waals surface area contributed by atoms with Crippen LogP contribution in [0.2, 0.25) is 5.02 Å². The number of hydrazone groups is 1. The molecule has 3 aromatic carbocycles. The van der Waals surface area contributed by atoms with Crippen LogP contribution in [0, 0.1) is 0 Å². The fraction of sp³-hybridized carbons (Fsp3) is 0.0800. The maximum absolute atomic E-state index is 12.6. The molecule has 2 aliphatic heterocycles. The highest BCUT2D eigenvalue weighted by atomic mass is 79.9. The first-order valence-corrected chi connectivity index (χ1v) is 12.0. The van der Waals surface area contributed by atoms with Crippen LogP contribution in [0.3, 0.4) is 0 Å². The van der Waals surface area contributed by atoms with Crippen LogP contribution in [0.4, 0.5) is 0 Å². The molecule has 158 valence electrons. The van der Waals surface area contributed by atoms with E-state index >= 15 is 0 Å². The zero-order valence-corrected chi connectivity index (χ0v) is 19.9. The lowest BCUT2D eigenvalue weighted by Crippen LogP contribution is -2.23. The number of amidine groups is 1. The van der Waals surface area contributed by atoms with E-state index in [0.717, 1.165) is 26.9 Å². The van der Waals surface area contributed by atoms with Gasteiger partial charge < -0.3 is 0 Å². The topological polar surface area (TPSA) is 45.0 Å². The number of aliphatic imine (C=N–C) groups is 1. The molecule has 2 heterocycles. The maximum atomic E-state index is 12.6. The second-order valence-corrected chi connectivity index (χ2v) is 9.75. The van der Waals surface area contributed by atoms with Gasteiger partial charge in [0.15, 0.2) is 5.17 Å². The fourth-order valence-electron chi connectivity index (χ4n) is 3.64. The van der Waals surface area contributed by atoms with Crippen molar-refractivity contribution in [1.29, 1.82) is 0 Å². The Morgan fingerprint density at radius 3 is 2.44 bits per heavy atom. The van der Waals surface area contributed by atoms with Crippen LogP contribution in [-0.4, -0.2) is 21.8 Å². The third kappa shape index (κ3) is 4.44. The van der Waals surface area contributed by atoms with Gasteiger partial charge >= 0.3 is 0 Å². The SMILES string of the molecule is O=C1N=C(N2N=C(c3ccc(Br)cc3)CC2c2ccc(Cl)cc2)S/C1=C/c1ccccc1. The molecule has 0 fully saturated rings. The summed E-state index contributed by atoms with van der Waals surface area (Å²) < 4.78 is 1.02. The number of rotatable bonds is 3. The van der Waals surface area contributed by atoms with Gasteiger partial charge in [-0.2, -0.15) is 10.1 Å². The first-order chi connectivity index (χ1) is 15.6. The minimum absolute atomic E-state index is 0.0685. The van der Waals surface area contributed by atoms with E-state index in [4.69, 9.17) is 16.7 Å². The Labute approximate surface area is 203 Å². The van der Waals surface area contributed by atoms with Gasteiger partial charge in [0, 0.05) is 15.9 Å². The molecular weight excluding hydrogens is 506 g/mol. The Morgan fingerprint density at radius 2 is 1.72 bits per heavy atom. The predicted molar refractivity (Wildman–Crippen MR) is 136 cm³/mol. The van der Waals surface area contributed by atoms with Crippen LogP contribution in [0.1, 0.15) is 29.2 Å². The molecule has 0 bridgehead atoms. The van der Waals surface area contributed by atoms with Gasteiger partial charge in [-0.1, -0.05) is 82.1 Å². The number of thioether (sulfide) groups is 1. The Hall–Kier alpha value is -2.67. The number of benzene rings is 3. The summed E-state index contributed by atoms with van der Waals surface area (Å²) in [5.74, 6) is -0.240. The van der Waals surface area contributed by atoms with Crippen molar-refractivity contribution in [3.63, 3.8) is 0 Å². The van der Waals surface area contributed by atoms with Crippen LogP contribution in [0.15, 0.2) is 98.3 Å². The zero-order valence-electron chi connectivity index (χ0n) is 16.8. The molecule has 0 aromatic heterocycles. The van der Waals surface area contributed by atoms with E-state index in [9.17, 15) is 4.79 Å². The molecule has 1 atom stereocenters. The predicted octanol–water partition coefficient (Wildman–Crippen LogP) is 6.92. The first kappa shape index (κ1) is 21.2. The number of carbonyl (C=O) groups excluding carboxylic acids is 1. The van der Waals surface area contributed by atoms with Crippen molar-refractivity contribution in [2.75, 3.05) is 0 Å². The number of hydrogen-bond acceptors (Lipinski definition) is 4. The Morgan fingerprint density at radius 1 is 1.00 bits per heavy atom. The number of amides is 1. The molecular formula is C25H17BrClN3OS. The molecule has 3 aromatic rings. The van der Waals surface area contributed by atoms with Crippen LogP contribution in [0.5, 0.6) is 0 Å². The summed E-state index contributed by atoms with van der Waals surface area (Å²) in [5, 5.41) is 8.04. The minimum atomic E-state index is -0.240. The van der Waals surface area contributed by atoms with Crippen molar-refractivity contribution in [2.24, 2.45) is 10.1 Å².